The number of phenols is 1. The van der Waals surface area contributed by atoms with Crippen molar-refractivity contribution in [3.63, 3.8) is 0 Å². The van der Waals surface area contributed by atoms with Gasteiger partial charge in [-0.05, 0) is 80.8 Å². The predicted octanol–water partition coefficient (Wildman–Crippen LogP) is 4.46. The molecule has 1 N–H and O–H groups in total. The third kappa shape index (κ3) is 4.06. The smallest absolute Gasteiger partial charge is 0.253 e. The second-order valence-corrected chi connectivity index (χ2v) is 10.4. The van der Waals surface area contributed by atoms with Crippen LogP contribution in [0, 0.1) is 5.92 Å². The van der Waals surface area contributed by atoms with Crippen LogP contribution in [0.1, 0.15) is 54.4 Å². The number of ether oxygens (including phenoxy) is 1. The molecule has 2 saturated carbocycles. The summed E-state index contributed by atoms with van der Waals surface area (Å²) in [6.45, 7) is 3.11. The van der Waals surface area contributed by atoms with Crippen molar-refractivity contribution >= 4 is 5.91 Å². The fraction of sp³-hybridized carbons (Fsp3) is 0.536. The normalized spacial score (nSPS) is 29.9. The van der Waals surface area contributed by atoms with Gasteiger partial charge in [-0.15, -0.1) is 0 Å². The van der Waals surface area contributed by atoms with Crippen molar-refractivity contribution in [2.75, 3.05) is 33.8 Å². The first-order valence-electron chi connectivity index (χ1n) is 12.4. The van der Waals surface area contributed by atoms with E-state index in [2.05, 4.69) is 11.0 Å². The number of hydrogen-bond donors (Lipinski definition) is 1. The van der Waals surface area contributed by atoms with E-state index in [0.717, 1.165) is 62.4 Å². The lowest BCUT2D eigenvalue weighted by molar-refractivity contribution is -0.153. The first kappa shape index (κ1) is 22.4. The molecule has 0 spiro atoms. The minimum absolute atomic E-state index is 0.0720. The van der Waals surface area contributed by atoms with Crippen molar-refractivity contribution in [2.24, 2.45) is 5.92 Å². The topological polar surface area (TPSA) is 53.0 Å². The number of phenolic OH excluding ortho intramolecular Hbond substituents is 1. The van der Waals surface area contributed by atoms with Crippen LogP contribution in [0.25, 0.3) is 0 Å². The molecule has 3 fully saturated rings. The summed E-state index contributed by atoms with van der Waals surface area (Å²) in [5, 5.41) is 10.4. The summed E-state index contributed by atoms with van der Waals surface area (Å²) in [5.41, 5.74) is 1.31. The summed E-state index contributed by atoms with van der Waals surface area (Å²) in [4.78, 5) is 17.8. The molecule has 2 aliphatic carbocycles. The molecule has 3 aliphatic rings. The Kier molecular flexibility index (Phi) is 5.96. The number of fused-ring (bicyclic) bond motifs is 1. The van der Waals surface area contributed by atoms with Crippen molar-refractivity contribution in [3.8, 4) is 5.75 Å². The van der Waals surface area contributed by atoms with E-state index in [-0.39, 0.29) is 23.0 Å². The Bertz CT molecular complexity index is 992. The van der Waals surface area contributed by atoms with Crippen LogP contribution in [0.3, 0.4) is 0 Å². The summed E-state index contributed by atoms with van der Waals surface area (Å²) < 4.78 is 6.46. The minimum Gasteiger partial charge on any atom is -0.508 e. The molecule has 1 heterocycles. The number of aromatic hydroxyl groups is 1. The molecule has 0 aromatic heterocycles. The number of rotatable bonds is 6. The fourth-order valence-corrected chi connectivity index (χ4v) is 6.47. The van der Waals surface area contributed by atoms with Crippen molar-refractivity contribution in [1.29, 1.82) is 0 Å². The Morgan fingerprint density at radius 1 is 1.12 bits per heavy atom. The molecule has 5 nitrogen and oxygen atoms in total. The van der Waals surface area contributed by atoms with Crippen molar-refractivity contribution in [2.45, 2.75) is 55.6 Å². The van der Waals surface area contributed by atoms with Gasteiger partial charge in [0.15, 0.2) is 0 Å². The van der Waals surface area contributed by atoms with Crippen LogP contribution in [-0.4, -0.2) is 66.2 Å². The molecule has 176 valence electrons. The van der Waals surface area contributed by atoms with E-state index >= 15 is 0 Å². The monoisotopic (exact) mass is 448 g/mol. The minimum atomic E-state index is -0.318. The van der Waals surface area contributed by atoms with Gasteiger partial charge in [0, 0.05) is 44.3 Å². The third-order valence-electron chi connectivity index (χ3n) is 8.56. The van der Waals surface area contributed by atoms with Gasteiger partial charge in [-0.1, -0.05) is 30.3 Å². The number of piperidine rings is 1. The maximum Gasteiger partial charge on any atom is 0.253 e. The molecule has 2 aromatic carbocycles. The number of amides is 1. The van der Waals surface area contributed by atoms with Gasteiger partial charge in [0.25, 0.3) is 5.91 Å². The van der Waals surface area contributed by atoms with Gasteiger partial charge in [-0.2, -0.15) is 0 Å². The molecule has 3 unspecified atom stereocenters. The van der Waals surface area contributed by atoms with Gasteiger partial charge >= 0.3 is 0 Å². The van der Waals surface area contributed by atoms with E-state index in [9.17, 15) is 9.90 Å². The molecule has 1 amide bonds. The number of methoxy groups -OCH3 is 1. The first-order valence-corrected chi connectivity index (χ1v) is 12.4. The Morgan fingerprint density at radius 2 is 1.91 bits per heavy atom. The summed E-state index contributed by atoms with van der Waals surface area (Å²) >= 11 is 0. The average Bonchev–Trinajstić information content (AvgIpc) is 3.67. The SMILES string of the molecule is COC12CCC(N(C)C(=O)c3ccccc3)CC1(c1cccc(O)c1)CCN(CC1CC1)C2. The Labute approximate surface area is 197 Å². The highest BCUT2D eigenvalue weighted by Crippen LogP contribution is 2.54. The number of hydrogen-bond acceptors (Lipinski definition) is 4. The molecule has 1 saturated heterocycles. The molecule has 1 aliphatic heterocycles. The van der Waals surface area contributed by atoms with Gasteiger partial charge in [0.1, 0.15) is 5.75 Å². The quantitative estimate of drug-likeness (QED) is 0.709. The van der Waals surface area contributed by atoms with Crippen LogP contribution in [-0.2, 0) is 10.2 Å². The van der Waals surface area contributed by atoms with Crippen LogP contribution in [0.4, 0.5) is 0 Å². The predicted molar refractivity (Wildman–Crippen MR) is 129 cm³/mol. The van der Waals surface area contributed by atoms with E-state index in [1.54, 1.807) is 6.07 Å². The highest BCUT2D eigenvalue weighted by molar-refractivity contribution is 5.94. The second-order valence-electron chi connectivity index (χ2n) is 10.4. The van der Waals surface area contributed by atoms with Crippen LogP contribution in [0.15, 0.2) is 54.6 Å². The highest BCUT2D eigenvalue weighted by Gasteiger charge is 2.59. The largest absolute Gasteiger partial charge is 0.508 e. The lowest BCUT2D eigenvalue weighted by Gasteiger charge is -2.60. The number of carbonyl (C=O) groups excluding carboxylic acids is 1. The van der Waals surface area contributed by atoms with E-state index in [1.807, 2.05) is 61.5 Å². The van der Waals surface area contributed by atoms with Gasteiger partial charge in [0.2, 0.25) is 0 Å². The molecule has 33 heavy (non-hydrogen) atoms. The van der Waals surface area contributed by atoms with E-state index in [1.165, 1.54) is 12.8 Å². The molecular formula is C28H36N2O3. The molecule has 0 radical (unpaired) electrons. The first-order chi connectivity index (χ1) is 16.0. The van der Waals surface area contributed by atoms with E-state index < -0.39 is 0 Å². The summed E-state index contributed by atoms with van der Waals surface area (Å²) in [7, 11) is 3.80. The third-order valence-corrected chi connectivity index (χ3v) is 8.56. The Hall–Kier alpha value is -2.37. The zero-order valence-corrected chi connectivity index (χ0v) is 19.9. The Morgan fingerprint density at radius 3 is 2.61 bits per heavy atom. The number of likely N-dealkylation sites (tertiary alicyclic amines) is 1. The Balaban J connectivity index is 1.48. The fourth-order valence-electron chi connectivity index (χ4n) is 6.47. The number of carbonyl (C=O) groups is 1. The molecule has 2 aromatic rings. The number of nitrogens with zero attached hydrogens (tertiary/aromatic N) is 2. The van der Waals surface area contributed by atoms with Gasteiger partial charge < -0.3 is 19.6 Å². The van der Waals surface area contributed by atoms with Gasteiger partial charge in [-0.25, -0.2) is 0 Å². The van der Waals surface area contributed by atoms with E-state index in [4.69, 9.17) is 4.74 Å². The maximum absolute atomic E-state index is 13.3. The summed E-state index contributed by atoms with van der Waals surface area (Å²) in [5.74, 6) is 1.21. The zero-order chi connectivity index (χ0) is 23.1. The molecule has 5 heteroatoms. The highest BCUT2D eigenvalue weighted by atomic mass is 16.5. The van der Waals surface area contributed by atoms with Crippen LogP contribution in [0.5, 0.6) is 5.75 Å². The molecule has 0 bridgehead atoms. The number of benzene rings is 2. The molecular weight excluding hydrogens is 412 g/mol. The molecule has 3 atom stereocenters. The lowest BCUT2D eigenvalue weighted by Crippen LogP contribution is -2.68. The van der Waals surface area contributed by atoms with Crippen molar-refractivity contribution in [1.82, 2.24) is 9.80 Å². The van der Waals surface area contributed by atoms with Crippen LogP contribution < -0.4 is 0 Å². The van der Waals surface area contributed by atoms with Crippen molar-refractivity contribution < 1.29 is 14.6 Å². The zero-order valence-electron chi connectivity index (χ0n) is 19.9. The van der Waals surface area contributed by atoms with Crippen LogP contribution >= 0.6 is 0 Å². The van der Waals surface area contributed by atoms with Gasteiger partial charge in [-0.3, -0.25) is 4.79 Å². The lowest BCUT2D eigenvalue weighted by atomic mass is 9.55. The molecule has 5 rings (SSSR count). The standard InChI is InChI=1S/C28H36N2O3/c1-29(26(32)22-7-4-3-5-8-22)24-13-14-28(33-2)20-30(19-21-11-12-21)16-15-27(28,18-24)23-9-6-10-25(31)17-23/h3-10,17,21,24,31H,11-16,18-20H2,1-2H3. The van der Waals surface area contributed by atoms with Crippen LogP contribution in [0.2, 0.25) is 0 Å². The summed E-state index contributed by atoms with van der Waals surface area (Å²) in [6, 6.07) is 17.4. The average molecular weight is 449 g/mol. The second kappa shape index (κ2) is 8.77. The van der Waals surface area contributed by atoms with Crippen molar-refractivity contribution in [3.05, 3.63) is 65.7 Å². The summed E-state index contributed by atoms with van der Waals surface area (Å²) in [6.07, 6.45) is 6.33. The maximum atomic E-state index is 13.3. The van der Waals surface area contributed by atoms with E-state index in [0.29, 0.717) is 5.75 Å². The van der Waals surface area contributed by atoms with Gasteiger partial charge in [0.05, 0.1) is 5.60 Å².